The van der Waals surface area contributed by atoms with E-state index in [1.807, 2.05) is 50.7 Å². The van der Waals surface area contributed by atoms with Crippen LogP contribution in [-0.2, 0) is 7.05 Å². The Hall–Kier alpha value is -4.13. The number of hydrogen-bond acceptors (Lipinski definition) is 8. The largest absolute Gasteiger partial charge is 0.382 e. The molecule has 4 heterocycles. The summed E-state index contributed by atoms with van der Waals surface area (Å²) in [6.45, 7) is 5.88. The number of aromatic nitrogens is 6. The third kappa shape index (κ3) is 3.06. The highest BCUT2D eigenvalue weighted by Gasteiger charge is 2.22. The fourth-order valence-electron chi connectivity index (χ4n) is 3.66. The van der Waals surface area contributed by atoms with Crippen LogP contribution in [0.4, 0.5) is 17.6 Å². The SMILES string of the molecule is Cc1n[nH]c(C)c1-c1cc2c(ccn2C)nc1[C@H](C)Nc1nc(N)nc(N)c1C#N. The van der Waals surface area contributed by atoms with Gasteiger partial charge in [-0.15, -0.1) is 0 Å². The molecule has 0 fully saturated rings. The van der Waals surface area contributed by atoms with Crippen LogP contribution in [0.1, 0.15) is 35.6 Å². The Morgan fingerprint density at radius 3 is 2.67 bits per heavy atom. The first-order chi connectivity index (χ1) is 14.3. The molecular formula is C20H22N10. The molecule has 0 saturated heterocycles. The summed E-state index contributed by atoms with van der Waals surface area (Å²) in [5.41, 5.74) is 18.2. The van der Waals surface area contributed by atoms with Crippen LogP contribution in [0.25, 0.3) is 22.2 Å². The highest BCUT2D eigenvalue weighted by molar-refractivity contribution is 5.85. The normalized spacial score (nSPS) is 12.1. The van der Waals surface area contributed by atoms with Gasteiger partial charge in [0, 0.05) is 30.1 Å². The van der Waals surface area contributed by atoms with Crippen molar-refractivity contribution in [2.75, 3.05) is 16.8 Å². The highest BCUT2D eigenvalue weighted by atomic mass is 15.1. The average Bonchev–Trinajstić information content (AvgIpc) is 3.22. The van der Waals surface area contributed by atoms with E-state index in [1.165, 1.54) is 0 Å². The number of nitrogens with one attached hydrogen (secondary N) is 2. The minimum Gasteiger partial charge on any atom is -0.382 e. The fourth-order valence-corrected chi connectivity index (χ4v) is 3.66. The first kappa shape index (κ1) is 19.2. The molecule has 4 aromatic rings. The lowest BCUT2D eigenvalue weighted by atomic mass is 9.98. The van der Waals surface area contributed by atoms with Gasteiger partial charge in [0.1, 0.15) is 17.5 Å². The first-order valence-electron chi connectivity index (χ1n) is 9.37. The van der Waals surface area contributed by atoms with Gasteiger partial charge in [0.25, 0.3) is 0 Å². The van der Waals surface area contributed by atoms with Crippen LogP contribution in [0.15, 0.2) is 18.3 Å². The summed E-state index contributed by atoms with van der Waals surface area (Å²) in [6.07, 6.45) is 1.97. The van der Waals surface area contributed by atoms with Crippen molar-refractivity contribution in [3.8, 4) is 17.2 Å². The monoisotopic (exact) mass is 402 g/mol. The summed E-state index contributed by atoms with van der Waals surface area (Å²) < 4.78 is 2.03. The van der Waals surface area contributed by atoms with Crippen LogP contribution in [0.2, 0.25) is 0 Å². The summed E-state index contributed by atoms with van der Waals surface area (Å²) >= 11 is 0. The van der Waals surface area contributed by atoms with Crippen molar-refractivity contribution in [3.05, 3.63) is 41.0 Å². The van der Waals surface area contributed by atoms with Crippen LogP contribution in [0, 0.1) is 25.2 Å². The average molecular weight is 402 g/mol. The Balaban J connectivity index is 1.88. The van der Waals surface area contributed by atoms with Crippen molar-refractivity contribution >= 4 is 28.6 Å². The minimum atomic E-state index is -0.306. The number of aromatic amines is 1. The Morgan fingerprint density at radius 1 is 1.23 bits per heavy atom. The quantitative estimate of drug-likeness (QED) is 0.405. The lowest BCUT2D eigenvalue weighted by Crippen LogP contribution is -2.15. The predicted molar refractivity (Wildman–Crippen MR) is 115 cm³/mol. The predicted octanol–water partition coefficient (Wildman–Crippen LogP) is 2.58. The Labute approximate surface area is 173 Å². The van der Waals surface area contributed by atoms with Crippen LogP contribution >= 0.6 is 0 Å². The molecule has 152 valence electrons. The molecular weight excluding hydrogens is 380 g/mol. The minimum absolute atomic E-state index is 0.00517. The summed E-state index contributed by atoms with van der Waals surface area (Å²) in [7, 11) is 1.98. The number of aryl methyl sites for hydroxylation is 3. The zero-order valence-corrected chi connectivity index (χ0v) is 17.1. The molecule has 30 heavy (non-hydrogen) atoms. The number of anilines is 3. The van der Waals surface area contributed by atoms with E-state index in [-0.39, 0.29) is 29.2 Å². The zero-order chi connectivity index (χ0) is 21.6. The number of nitriles is 1. The topological polar surface area (TPSA) is 160 Å². The van der Waals surface area contributed by atoms with Crippen LogP contribution in [-0.4, -0.2) is 29.7 Å². The number of rotatable bonds is 4. The zero-order valence-electron chi connectivity index (χ0n) is 17.1. The van der Waals surface area contributed by atoms with Gasteiger partial charge in [-0.2, -0.15) is 20.3 Å². The van der Waals surface area contributed by atoms with E-state index in [0.29, 0.717) is 0 Å². The number of hydrogen-bond donors (Lipinski definition) is 4. The molecule has 0 aliphatic heterocycles. The maximum Gasteiger partial charge on any atom is 0.224 e. The van der Waals surface area contributed by atoms with Gasteiger partial charge in [0.2, 0.25) is 5.95 Å². The van der Waals surface area contributed by atoms with E-state index >= 15 is 0 Å². The number of pyridine rings is 1. The molecule has 0 saturated carbocycles. The molecule has 0 bridgehead atoms. The van der Waals surface area contributed by atoms with Gasteiger partial charge in [-0.25, -0.2) is 4.98 Å². The molecule has 0 aromatic carbocycles. The molecule has 4 rings (SSSR count). The van der Waals surface area contributed by atoms with Gasteiger partial charge in [0.05, 0.1) is 28.5 Å². The molecule has 10 heteroatoms. The second kappa shape index (κ2) is 7.04. The smallest absolute Gasteiger partial charge is 0.224 e. The lowest BCUT2D eigenvalue weighted by molar-refractivity contribution is 0.838. The highest BCUT2D eigenvalue weighted by Crippen LogP contribution is 2.35. The lowest BCUT2D eigenvalue weighted by Gasteiger charge is -2.19. The van der Waals surface area contributed by atoms with E-state index in [4.69, 9.17) is 16.5 Å². The molecule has 0 spiro atoms. The third-order valence-electron chi connectivity index (χ3n) is 5.12. The summed E-state index contributed by atoms with van der Waals surface area (Å²) in [5.74, 6) is 0.305. The van der Waals surface area contributed by atoms with Crippen molar-refractivity contribution in [3.63, 3.8) is 0 Å². The van der Waals surface area contributed by atoms with Gasteiger partial charge < -0.3 is 21.4 Å². The number of fused-ring (bicyclic) bond motifs is 1. The van der Waals surface area contributed by atoms with Crippen LogP contribution in [0.3, 0.4) is 0 Å². The molecule has 0 unspecified atom stereocenters. The van der Waals surface area contributed by atoms with Crippen molar-refractivity contribution in [2.45, 2.75) is 26.8 Å². The van der Waals surface area contributed by atoms with Gasteiger partial charge in [-0.1, -0.05) is 0 Å². The van der Waals surface area contributed by atoms with Crippen molar-refractivity contribution in [1.82, 2.24) is 29.7 Å². The van der Waals surface area contributed by atoms with Crippen molar-refractivity contribution in [1.29, 1.82) is 5.26 Å². The Kier molecular flexibility index (Phi) is 4.50. The van der Waals surface area contributed by atoms with Crippen LogP contribution in [0.5, 0.6) is 0 Å². The number of nitrogens with zero attached hydrogens (tertiary/aromatic N) is 6. The van der Waals surface area contributed by atoms with Gasteiger partial charge >= 0.3 is 0 Å². The molecule has 6 N–H and O–H groups in total. The van der Waals surface area contributed by atoms with E-state index < -0.39 is 0 Å². The maximum absolute atomic E-state index is 9.47. The molecule has 0 radical (unpaired) electrons. The second-order valence-electron chi connectivity index (χ2n) is 7.23. The summed E-state index contributed by atoms with van der Waals surface area (Å²) in [4.78, 5) is 12.9. The summed E-state index contributed by atoms with van der Waals surface area (Å²) in [5, 5.41) is 20.1. The number of nitrogens with two attached hydrogens (primary N) is 2. The molecule has 10 nitrogen and oxygen atoms in total. The molecule has 0 aliphatic carbocycles. The van der Waals surface area contributed by atoms with E-state index in [0.717, 1.165) is 39.2 Å². The van der Waals surface area contributed by atoms with Crippen LogP contribution < -0.4 is 16.8 Å². The second-order valence-corrected chi connectivity index (χ2v) is 7.23. The number of nitrogen functional groups attached to an aromatic ring is 2. The molecule has 0 aliphatic rings. The number of H-pyrrole nitrogens is 1. The fraction of sp³-hybridized carbons (Fsp3) is 0.250. The summed E-state index contributed by atoms with van der Waals surface area (Å²) in [6, 6.07) is 5.80. The van der Waals surface area contributed by atoms with E-state index in [1.54, 1.807) is 0 Å². The van der Waals surface area contributed by atoms with Gasteiger partial charge in [0.15, 0.2) is 5.82 Å². The van der Waals surface area contributed by atoms with Gasteiger partial charge in [-0.3, -0.25) is 5.10 Å². The maximum atomic E-state index is 9.47. The van der Waals surface area contributed by atoms with Gasteiger partial charge in [-0.05, 0) is 32.9 Å². The third-order valence-corrected chi connectivity index (χ3v) is 5.12. The molecule has 4 aromatic heterocycles. The van der Waals surface area contributed by atoms with Crippen molar-refractivity contribution < 1.29 is 0 Å². The van der Waals surface area contributed by atoms with Crippen molar-refractivity contribution in [2.24, 2.45) is 7.05 Å². The molecule has 0 amide bonds. The van der Waals surface area contributed by atoms with E-state index in [9.17, 15) is 5.26 Å². The Morgan fingerprint density at radius 2 is 2.00 bits per heavy atom. The standard InChI is InChI=1S/C20H22N10/c1-9-16(10(2)29-28-9)12-7-15-14(5-6-30(15)4)25-17(12)11(3)24-19-13(8-21)18(22)26-20(23)27-19/h5-7,11H,1-4H3,(H,28,29)(H5,22,23,24,26,27)/t11-/m0/s1. The Bertz CT molecular complexity index is 1290. The molecule has 1 atom stereocenters. The first-order valence-corrected chi connectivity index (χ1v) is 9.37. The van der Waals surface area contributed by atoms with E-state index in [2.05, 4.69) is 31.5 Å².